The SMILES string of the molecule is CCN1CCN(c2c(F)cc3c(=O)c(C(=O)O)cn4c3c2OC[C@@H]4C)CC1. The number of likely N-dealkylation sites (N-methyl/N-ethyl adjacent to an activating group) is 1. The van der Waals surface area contributed by atoms with Crippen LogP contribution in [0, 0.1) is 5.82 Å². The van der Waals surface area contributed by atoms with E-state index >= 15 is 4.39 Å². The Morgan fingerprint density at radius 1 is 1.33 bits per heavy atom. The highest BCUT2D eigenvalue weighted by molar-refractivity contribution is 5.97. The number of hydrogen-bond acceptors (Lipinski definition) is 5. The number of piperazine rings is 1. The van der Waals surface area contributed by atoms with E-state index in [1.807, 2.05) is 11.8 Å². The van der Waals surface area contributed by atoms with Gasteiger partial charge in [-0.25, -0.2) is 9.18 Å². The number of benzene rings is 1. The van der Waals surface area contributed by atoms with Gasteiger partial charge in [0, 0.05) is 32.4 Å². The number of ether oxygens (including phenoxy) is 1. The molecule has 2 aliphatic heterocycles. The smallest absolute Gasteiger partial charge is 0.341 e. The molecule has 0 spiro atoms. The van der Waals surface area contributed by atoms with E-state index in [0.717, 1.165) is 25.7 Å². The first-order valence-electron chi connectivity index (χ1n) is 9.17. The van der Waals surface area contributed by atoms with E-state index in [1.165, 1.54) is 6.20 Å². The maximum absolute atomic E-state index is 15.1. The number of anilines is 1. The number of rotatable bonds is 3. The Balaban J connectivity index is 1.94. The van der Waals surface area contributed by atoms with Crippen LogP contribution in [0.3, 0.4) is 0 Å². The van der Waals surface area contributed by atoms with E-state index in [0.29, 0.717) is 30.0 Å². The van der Waals surface area contributed by atoms with E-state index in [9.17, 15) is 14.7 Å². The second kappa shape index (κ2) is 6.53. The van der Waals surface area contributed by atoms with Crippen molar-refractivity contribution in [1.29, 1.82) is 0 Å². The summed E-state index contributed by atoms with van der Waals surface area (Å²) in [4.78, 5) is 28.3. The third-order valence-electron chi connectivity index (χ3n) is 5.51. The van der Waals surface area contributed by atoms with Gasteiger partial charge < -0.3 is 24.2 Å². The molecule has 7 nitrogen and oxygen atoms in total. The third kappa shape index (κ3) is 2.75. The van der Waals surface area contributed by atoms with Crippen LogP contribution in [0.15, 0.2) is 17.1 Å². The fourth-order valence-corrected chi connectivity index (χ4v) is 3.95. The van der Waals surface area contributed by atoms with Crippen molar-refractivity contribution in [2.75, 3.05) is 44.2 Å². The minimum absolute atomic E-state index is 0.0462. The summed E-state index contributed by atoms with van der Waals surface area (Å²) < 4.78 is 22.7. The molecule has 0 bridgehead atoms. The molecule has 2 aromatic rings. The summed E-state index contributed by atoms with van der Waals surface area (Å²) in [6, 6.07) is 1.00. The van der Waals surface area contributed by atoms with Gasteiger partial charge in [0.15, 0.2) is 11.6 Å². The van der Waals surface area contributed by atoms with Gasteiger partial charge in [-0.05, 0) is 19.5 Å². The largest absolute Gasteiger partial charge is 0.487 e. The molecule has 4 rings (SSSR count). The van der Waals surface area contributed by atoms with Crippen LogP contribution < -0.4 is 15.1 Å². The lowest BCUT2D eigenvalue weighted by molar-refractivity contribution is 0.0694. The van der Waals surface area contributed by atoms with Crippen molar-refractivity contribution in [3.05, 3.63) is 33.9 Å². The Morgan fingerprint density at radius 3 is 2.67 bits per heavy atom. The summed E-state index contributed by atoms with van der Waals surface area (Å²) >= 11 is 0. The number of aromatic carboxylic acids is 1. The minimum atomic E-state index is -1.31. The zero-order valence-corrected chi connectivity index (χ0v) is 15.4. The van der Waals surface area contributed by atoms with Gasteiger partial charge in [-0.1, -0.05) is 6.92 Å². The average molecular weight is 375 g/mol. The molecule has 8 heteroatoms. The summed E-state index contributed by atoms with van der Waals surface area (Å²) in [5.74, 6) is -1.53. The molecule has 1 fully saturated rings. The van der Waals surface area contributed by atoms with Gasteiger partial charge in [0.1, 0.15) is 17.9 Å². The molecule has 27 heavy (non-hydrogen) atoms. The average Bonchev–Trinajstić information content (AvgIpc) is 2.66. The van der Waals surface area contributed by atoms with Crippen LogP contribution in [0.4, 0.5) is 10.1 Å². The number of carbonyl (C=O) groups is 1. The molecule has 1 N–H and O–H groups in total. The number of halogens is 1. The Labute approximate surface area is 155 Å². The van der Waals surface area contributed by atoms with Crippen molar-refractivity contribution in [2.24, 2.45) is 0 Å². The summed E-state index contributed by atoms with van der Waals surface area (Å²) in [6.07, 6.45) is 1.35. The van der Waals surface area contributed by atoms with Gasteiger partial charge in [-0.15, -0.1) is 0 Å². The fourth-order valence-electron chi connectivity index (χ4n) is 3.95. The predicted octanol–water partition coefficient (Wildman–Crippen LogP) is 1.93. The van der Waals surface area contributed by atoms with Crippen molar-refractivity contribution in [3.8, 4) is 5.75 Å². The highest BCUT2D eigenvalue weighted by Gasteiger charge is 2.31. The van der Waals surface area contributed by atoms with Gasteiger partial charge in [-0.2, -0.15) is 0 Å². The zero-order valence-electron chi connectivity index (χ0n) is 15.4. The van der Waals surface area contributed by atoms with Gasteiger partial charge >= 0.3 is 5.97 Å². The lowest BCUT2D eigenvalue weighted by Crippen LogP contribution is -2.46. The molecule has 0 amide bonds. The van der Waals surface area contributed by atoms with Crippen LogP contribution >= 0.6 is 0 Å². The van der Waals surface area contributed by atoms with Gasteiger partial charge in [0.2, 0.25) is 5.43 Å². The maximum atomic E-state index is 15.1. The first kappa shape index (κ1) is 17.8. The first-order valence-corrected chi connectivity index (χ1v) is 9.17. The van der Waals surface area contributed by atoms with Crippen molar-refractivity contribution >= 4 is 22.6 Å². The van der Waals surface area contributed by atoms with E-state index in [-0.39, 0.29) is 23.6 Å². The van der Waals surface area contributed by atoms with Crippen LogP contribution in [-0.4, -0.2) is 59.9 Å². The Kier molecular flexibility index (Phi) is 4.30. The summed E-state index contributed by atoms with van der Waals surface area (Å²) in [6.45, 7) is 8.20. The van der Waals surface area contributed by atoms with Gasteiger partial charge in [-0.3, -0.25) is 4.79 Å². The van der Waals surface area contributed by atoms with Crippen LogP contribution in [0.25, 0.3) is 10.9 Å². The van der Waals surface area contributed by atoms with Crippen molar-refractivity contribution < 1.29 is 19.0 Å². The fraction of sp³-hybridized carbons (Fsp3) is 0.474. The highest BCUT2D eigenvalue weighted by atomic mass is 19.1. The van der Waals surface area contributed by atoms with Gasteiger partial charge in [0.25, 0.3) is 0 Å². The second-order valence-electron chi connectivity index (χ2n) is 7.10. The normalized spacial score (nSPS) is 20.0. The standard InChI is InChI=1S/C19H22FN3O4/c1-3-21-4-6-22(7-5-21)16-14(20)8-12-15-18(16)27-10-11(2)23(15)9-13(17(12)24)19(25)26/h8-9,11H,3-7,10H2,1-2H3,(H,25,26)/t11-/m0/s1. The monoisotopic (exact) mass is 375 g/mol. The van der Waals surface area contributed by atoms with E-state index in [1.54, 1.807) is 4.57 Å². The lowest BCUT2D eigenvalue weighted by atomic mass is 10.1. The molecule has 1 aromatic carbocycles. The number of nitrogens with zero attached hydrogens (tertiary/aromatic N) is 3. The molecule has 2 aliphatic rings. The summed E-state index contributed by atoms with van der Waals surface area (Å²) in [5.41, 5.74) is -0.209. The predicted molar refractivity (Wildman–Crippen MR) is 99.7 cm³/mol. The van der Waals surface area contributed by atoms with Crippen molar-refractivity contribution in [3.63, 3.8) is 0 Å². The van der Waals surface area contributed by atoms with Crippen LogP contribution in [0.1, 0.15) is 30.2 Å². The van der Waals surface area contributed by atoms with E-state index in [2.05, 4.69) is 11.8 Å². The van der Waals surface area contributed by atoms with Crippen molar-refractivity contribution in [2.45, 2.75) is 19.9 Å². The number of aromatic nitrogens is 1. The van der Waals surface area contributed by atoms with Crippen LogP contribution in [0.5, 0.6) is 5.75 Å². The van der Waals surface area contributed by atoms with E-state index < -0.39 is 17.2 Å². The maximum Gasteiger partial charge on any atom is 0.341 e. The molecule has 3 heterocycles. The Bertz CT molecular complexity index is 979. The summed E-state index contributed by atoms with van der Waals surface area (Å²) in [7, 11) is 0. The molecule has 1 saturated heterocycles. The quantitative estimate of drug-likeness (QED) is 0.884. The second-order valence-corrected chi connectivity index (χ2v) is 7.10. The molecule has 0 saturated carbocycles. The zero-order chi connectivity index (χ0) is 19.3. The molecule has 1 aromatic heterocycles. The molecule has 0 radical (unpaired) electrons. The molecular weight excluding hydrogens is 353 g/mol. The first-order chi connectivity index (χ1) is 12.9. The Morgan fingerprint density at radius 2 is 2.04 bits per heavy atom. The molecular formula is C19H22FN3O4. The highest BCUT2D eigenvalue weighted by Crippen LogP contribution is 2.42. The lowest BCUT2D eigenvalue weighted by Gasteiger charge is -2.37. The van der Waals surface area contributed by atoms with Crippen molar-refractivity contribution in [1.82, 2.24) is 9.47 Å². The molecule has 0 aliphatic carbocycles. The number of carboxylic acid groups (broad SMARTS) is 1. The number of hydrogen-bond donors (Lipinski definition) is 1. The van der Waals surface area contributed by atoms with Crippen LogP contribution in [0.2, 0.25) is 0 Å². The van der Waals surface area contributed by atoms with Gasteiger partial charge in [0.05, 0.1) is 16.9 Å². The van der Waals surface area contributed by atoms with E-state index in [4.69, 9.17) is 4.74 Å². The molecule has 144 valence electrons. The minimum Gasteiger partial charge on any atom is -0.487 e. The molecule has 1 atom stereocenters. The number of carboxylic acids is 1. The molecule has 0 unspecified atom stereocenters. The number of pyridine rings is 1. The summed E-state index contributed by atoms with van der Waals surface area (Å²) in [5, 5.41) is 9.39. The Hall–Kier alpha value is -2.61. The van der Waals surface area contributed by atoms with Crippen LogP contribution in [-0.2, 0) is 0 Å². The third-order valence-corrected chi connectivity index (χ3v) is 5.51. The topological polar surface area (TPSA) is 75.0 Å².